The summed E-state index contributed by atoms with van der Waals surface area (Å²) >= 11 is 3.74. The van der Waals surface area contributed by atoms with E-state index in [0.29, 0.717) is 17.2 Å². The Morgan fingerprint density at radius 1 is 1.25 bits per heavy atom. The minimum absolute atomic E-state index is 0.269. The molecule has 0 saturated carbocycles. The second-order valence-electron chi connectivity index (χ2n) is 4.31. The summed E-state index contributed by atoms with van der Waals surface area (Å²) in [7, 11) is -3.48. The lowest BCUT2D eigenvalue weighted by atomic mass is 10.4. The fourth-order valence-electron chi connectivity index (χ4n) is 2.10. The van der Waals surface area contributed by atoms with Gasteiger partial charge in [-0.3, -0.25) is 0 Å². The Labute approximate surface area is 135 Å². The number of hydrogen-bond acceptors (Lipinski definition) is 4. The van der Waals surface area contributed by atoms with Gasteiger partial charge in [0.05, 0.1) is 11.2 Å². The Morgan fingerprint density at radius 3 is 2.65 bits per heavy atom. The summed E-state index contributed by atoms with van der Waals surface area (Å²) < 4.78 is 33.3. The van der Waals surface area contributed by atoms with Crippen LogP contribution in [0.4, 0.5) is 0 Å². The number of furan rings is 1. The van der Waals surface area contributed by atoms with Crippen LogP contribution in [0.15, 0.2) is 52.0 Å². The third-order valence-electron chi connectivity index (χ3n) is 3.06. The van der Waals surface area contributed by atoms with Crippen LogP contribution in [-0.4, -0.2) is 25.0 Å². The molecular weight excluding hydrogens is 409 g/mol. The van der Waals surface area contributed by atoms with E-state index in [9.17, 15) is 8.42 Å². The number of sulfonamides is 1. The second-order valence-corrected chi connectivity index (χ2v) is 8.63. The van der Waals surface area contributed by atoms with E-state index in [0.717, 1.165) is 9.32 Å². The molecule has 2 heterocycles. The lowest BCUT2D eigenvalue weighted by Crippen LogP contribution is -2.30. The Balaban J connectivity index is 1.96. The van der Waals surface area contributed by atoms with Crippen molar-refractivity contribution in [3.05, 3.63) is 52.0 Å². The third-order valence-corrected chi connectivity index (χ3v) is 7.01. The maximum Gasteiger partial charge on any atom is 0.244 e. The van der Waals surface area contributed by atoms with Gasteiger partial charge in [0.1, 0.15) is 11.1 Å². The molecule has 1 aliphatic rings. The summed E-state index contributed by atoms with van der Waals surface area (Å²) in [4.78, 5) is 0.331. The number of hydrogen-bond donors (Lipinski definition) is 0. The number of halogens is 1. The molecule has 0 bridgehead atoms. The van der Waals surface area contributed by atoms with Crippen LogP contribution < -0.4 is 0 Å². The van der Waals surface area contributed by atoms with E-state index in [2.05, 4.69) is 22.6 Å². The van der Waals surface area contributed by atoms with Crippen molar-refractivity contribution in [3.8, 4) is 0 Å². The van der Waals surface area contributed by atoms with Crippen LogP contribution in [0.3, 0.4) is 0 Å². The molecule has 20 heavy (non-hydrogen) atoms. The largest absolute Gasteiger partial charge is 0.467 e. The van der Waals surface area contributed by atoms with Gasteiger partial charge in [-0.15, -0.1) is 11.8 Å². The van der Waals surface area contributed by atoms with E-state index in [1.807, 2.05) is 6.07 Å². The topological polar surface area (TPSA) is 50.5 Å². The predicted octanol–water partition coefficient (Wildman–Crippen LogP) is 3.32. The molecule has 0 aliphatic carbocycles. The van der Waals surface area contributed by atoms with Crippen LogP contribution in [0, 0.1) is 3.57 Å². The van der Waals surface area contributed by atoms with E-state index in [1.54, 1.807) is 48.4 Å². The van der Waals surface area contributed by atoms with Crippen molar-refractivity contribution < 1.29 is 12.8 Å². The molecule has 1 atom stereocenters. The second kappa shape index (κ2) is 5.70. The van der Waals surface area contributed by atoms with Gasteiger partial charge < -0.3 is 4.42 Å². The summed E-state index contributed by atoms with van der Waals surface area (Å²) in [6.07, 6.45) is 1.57. The molecule has 2 aromatic rings. The molecule has 106 valence electrons. The quantitative estimate of drug-likeness (QED) is 0.714. The SMILES string of the molecule is O=S(=O)(c1ccc(I)cc1)N1CCS[C@H]1c1ccco1. The van der Waals surface area contributed by atoms with Crippen molar-refractivity contribution in [1.29, 1.82) is 0 Å². The average Bonchev–Trinajstić information content (AvgIpc) is 3.10. The molecule has 1 aliphatic heterocycles. The van der Waals surface area contributed by atoms with Crippen molar-refractivity contribution in [2.45, 2.75) is 10.3 Å². The first-order chi connectivity index (χ1) is 9.59. The summed E-state index contributed by atoms with van der Waals surface area (Å²) in [5.74, 6) is 1.45. The van der Waals surface area contributed by atoms with Gasteiger partial charge >= 0.3 is 0 Å². The molecule has 0 unspecified atom stereocenters. The fourth-order valence-corrected chi connectivity index (χ4v) is 5.63. The van der Waals surface area contributed by atoms with Crippen molar-refractivity contribution in [3.63, 3.8) is 0 Å². The van der Waals surface area contributed by atoms with Gasteiger partial charge in [-0.05, 0) is 59.0 Å². The van der Waals surface area contributed by atoms with E-state index in [1.165, 1.54) is 4.31 Å². The highest BCUT2D eigenvalue weighted by Crippen LogP contribution is 2.41. The van der Waals surface area contributed by atoms with Gasteiger partial charge in [0.25, 0.3) is 0 Å². The number of benzene rings is 1. The van der Waals surface area contributed by atoms with Crippen LogP contribution >= 0.6 is 34.4 Å². The zero-order valence-electron chi connectivity index (χ0n) is 10.4. The summed E-state index contributed by atoms with van der Waals surface area (Å²) in [5, 5.41) is -0.269. The first-order valence-corrected chi connectivity index (χ1v) is 9.58. The van der Waals surface area contributed by atoms with Crippen LogP contribution in [0.2, 0.25) is 0 Å². The van der Waals surface area contributed by atoms with E-state index < -0.39 is 10.0 Å². The minimum Gasteiger partial charge on any atom is -0.467 e. The van der Waals surface area contributed by atoms with Gasteiger partial charge in [-0.2, -0.15) is 4.31 Å². The van der Waals surface area contributed by atoms with Gasteiger partial charge in [0.2, 0.25) is 10.0 Å². The molecule has 1 aromatic heterocycles. The third kappa shape index (κ3) is 2.63. The molecule has 0 radical (unpaired) electrons. The first kappa shape index (κ1) is 14.4. The first-order valence-electron chi connectivity index (χ1n) is 6.01. The molecule has 0 spiro atoms. The molecular formula is C13H12INO3S2. The standard InChI is InChI=1S/C13H12INO3S2/c14-10-3-5-11(6-4-10)20(16,17)15-7-9-19-13(15)12-2-1-8-18-12/h1-6,8,13H,7,9H2/t13-/m0/s1. The lowest BCUT2D eigenvalue weighted by molar-refractivity contribution is 0.383. The molecule has 1 saturated heterocycles. The van der Waals surface area contributed by atoms with Crippen molar-refractivity contribution >= 4 is 44.4 Å². The lowest BCUT2D eigenvalue weighted by Gasteiger charge is -2.21. The number of nitrogens with zero attached hydrogens (tertiary/aromatic N) is 1. The smallest absolute Gasteiger partial charge is 0.244 e. The molecule has 0 N–H and O–H groups in total. The average molecular weight is 421 g/mol. The van der Waals surface area contributed by atoms with Gasteiger partial charge in [0.15, 0.2) is 0 Å². The van der Waals surface area contributed by atoms with Gasteiger partial charge in [0, 0.05) is 15.9 Å². The highest BCUT2D eigenvalue weighted by Gasteiger charge is 2.38. The molecule has 1 aromatic carbocycles. The highest BCUT2D eigenvalue weighted by molar-refractivity contribution is 14.1. The summed E-state index contributed by atoms with van der Waals surface area (Å²) in [5.41, 5.74) is 0. The van der Waals surface area contributed by atoms with Crippen molar-refractivity contribution in [1.82, 2.24) is 4.31 Å². The Kier molecular flexibility index (Phi) is 4.11. The minimum atomic E-state index is -3.48. The van der Waals surface area contributed by atoms with Crippen LogP contribution in [0.5, 0.6) is 0 Å². The van der Waals surface area contributed by atoms with Gasteiger partial charge in [-0.1, -0.05) is 0 Å². The Hall–Kier alpha value is -0.510. The normalized spacial score (nSPS) is 20.4. The van der Waals surface area contributed by atoms with Crippen LogP contribution in [-0.2, 0) is 10.0 Å². The van der Waals surface area contributed by atoms with Crippen molar-refractivity contribution in [2.24, 2.45) is 0 Å². The molecule has 1 fully saturated rings. The summed E-state index contributed by atoms with van der Waals surface area (Å²) in [6.45, 7) is 0.504. The van der Waals surface area contributed by atoms with E-state index in [4.69, 9.17) is 4.42 Å². The van der Waals surface area contributed by atoms with Crippen LogP contribution in [0.1, 0.15) is 11.1 Å². The molecule has 3 rings (SSSR count). The highest BCUT2D eigenvalue weighted by atomic mass is 127. The fraction of sp³-hybridized carbons (Fsp3) is 0.231. The number of thioether (sulfide) groups is 1. The monoisotopic (exact) mass is 421 g/mol. The van der Waals surface area contributed by atoms with Gasteiger partial charge in [-0.25, -0.2) is 8.42 Å². The van der Waals surface area contributed by atoms with Crippen molar-refractivity contribution in [2.75, 3.05) is 12.3 Å². The zero-order valence-corrected chi connectivity index (χ0v) is 14.2. The summed E-state index contributed by atoms with van der Waals surface area (Å²) in [6, 6.07) is 10.5. The Morgan fingerprint density at radius 2 is 2.00 bits per heavy atom. The predicted molar refractivity (Wildman–Crippen MR) is 87.0 cm³/mol. The molecule has 7 heteroatoms. The maximum absolute atomic E-state index is 12.7. The zero-order chi connectivity index (χ0) is 14.2. The van der Waals surface area contributed by atoms with E-state index >= 15 is 0 Å². The maximum atomic E-state index is 12.7. The molecule has 0 amide bonds. The Bertz CT molecular complexity index is 683. The van der Waals surface area contributed by atoms with Crippen LogP contribution in [0.25, 0.3) is 0 Å². The number of rotatable bonds is 3. The molecule has 4 nitrogen and oxygen atoms in total. The van der Waals surface area contributed by atoms with E-state index in [-0.39, 0.29) is 5.37 Å².